The fourth-order valence-corrected chi connectivity index (χ4v) is 2.64. The number of halogens is 4. The normalized spacial score (nSPS) is 22.8. The second kappa shape index (κ2) is 7.74. The van der Waals surface area contributed by atoms with Gasteiger partial charge in [0.25, 0.3) is 6.02 Å². The average molecular weight is 403 g/mol. The molecule has 1 saturated heterocycles. The van der Waals surface area contributed by atoms with E-state index in [0.717, 1.165) is 12.1 Å². The molecule has 0 saturated carbocycles. The summed E-state index contributed by atoms with van der Waals surface area (Å²) in [7, 11) is 0. The number of hydrogen-bond donors (Lipinski definition) is 0. The van der Waals surface area contributed by atoms with Gasteiger partial charge in [-0.1, -0.05) is 6.07 Å². The highest BCUT2D eigenvalue weighted by Crippen LogP contribution is 2.39. The minimum atomic E-state index is -5.21. The van der Waals surface area contributed by atoms with Gasteiger partial charge in [-0.05, 0) is 25.1 Å². The zero-order valence-electron chi connectivity index (χ0n) is 14.8. The maximum atomic E-state index is 14.0. The molecule has 0 spiro atoms. The molecule has 0 amide bonds. The lowest BCUT2D eigenvalue weighted by atomic mass is 10.1. The van der Waals surface area contributed by atoms with Crippen molar-refractivity contribution in [2.45, 2.75) is 18.8 Å². The molecule has 0 aliphatic carbocycles. The minimum Gasteiger partial charge on any atom is -0.462 e. The molecule has 1 aromatic carbocycles. The van der Waals surface area contributed by atoms with Crippen molar-refractivity contribution in [2.75, 3.05) is 32.9 Å². The molecule has 1 aromatic rings. The number of amidine groups is 1. The van der Waals surface area contributed by atoms with Crippen LogP contribution >= 0.6 is 0 Å². The second-order valence-corrected chi connectivity index (χ2v) is 5.91. The quantitative estimate of drug-likeness (QED) is 0.571. The zero-order chi connectivity index (χ0) is 20.4. The van der Waals surface area contributed by atoms with Gasteiger partial charge in [0.2, 0.25) is 5.90 Å². The number of esters is 1. The van der Waals surface area contributed by atoms with Crippen molar-refractivity contribution in [1.29, 1.82) is 0 Å². The minimum absolute atomic E-state index is 0.0708. The van der Waals surface area contributed by atoms with E-state index in [1.807, 2.05) is 0 Å². The summed E-state index contributed by atoms with van der Waals surface area (Å²) in [6.07, 6.45) is -5.21. The number of morpholine rings is 1. The molecular formula is C17H17F4N3O4. The third-order valence-electron chi connectivity index (χ3n) is 4.02. The van der Waals surface area contributed by atoms with Crippen LogP contribution in [0.5, 0.6) is 0 Å². The van der Waals surface area contributed by atoms with Crippen LogP contribution in [0, 0.1) is 5.82 Å². The van der Waals surface area contributed by atoms with Crippen LogP contribution in [-0.4, -0.2) is 67.5 Å². The first-order valence-corrected chi connectivity index (χ1v) is 8.47. The van der Waals surface area contributed by atoms with Gasteiger partial charge in [-0.2, -0.15) is 23.2 Å². The SMILES string of the molecule is CCOC(=O)[C@@]1(C(F)(F)F)N=C(c2cccc(F)c2)OC(N2CCOCC2)=N1. The molecule has 7 nitrogen and oxygen atoms in total. The van der Waals surface area contributed by atoms with E-state index >= 15 is 0 Å². The van der Waals surface area contributed by atoms with E-state index in [1.165, 1.54) is 24.0 Å². The third-order valence-corrected chi connectivity index (χ3v) is 4.02. The summed E-state index contributed by atoms with van der Waals surface area (Å²) < 4.78 is 70.8. The number of benzene rings is 1. The molecule has 11 heteroatoms. The van der Waals surface area contributed by atoms with Gasteiger partial charge >= 0.3 is 17.8 Å². The van der Waals surface area contributed by atoms with Crippen molar-refractivity contribution in [3.05, 3.63) is 35.6 Å². The summed E-state index contributed by atoms with van der Waals surface area (Å²) in [5.41, 5.74) is -3.62. The van der Waals surface area contributed by atoms with Crippen LogP contribution in [0.2, 0.25) is 0 Å². The third kappa shape index (κ3) is 3.79. The molecule has 3 rings (SSSR count). The fourth-order valence-electron chi connectivity index (χ4n) is 2.64. The Morgan fingerprint density at radius 1 is 1.29 bits per heavy atom. The molecule has 2 aliphatic rings. The van der Waals surface area contributed by atoms with Crippen LogP contribution in [0.4, 0.5) is 17.6 Å². The summed E-state index contributed by atoms with van der Waals surface area (Å²) >= 11 is 0. The summed E-state index contributed by atoms with van der Waals surface area (Å²) in [4.78, 5) is 20.7. The maximum Gasteiger partial charge on any atom is 0.446 e. The van der Waals surface area contributed by atoms with Crippen LogP contribution in [0.25, 0.3) is 0 Å². The average Bonchev–Trinajstić information content (AvgIpc) is 2.67. The van der Waals surface area contributed by atoms with Crippen molar-refractivity contribution in [1.82, 2.24) is 4.90 Å². The van der Waals surface area contributed by atoms with Crippen molar-refractivity contribution >= 4 is 17.9 Å². The van der Waals surface area contributed by atoms with Gasteiger partial charge in [-0.25, -0.2) is 9.18 Å². The molecule has 1 atom stereocenters. The lowest BCUT2D eigenvalue weighted by molar-refractivity contribution is -0.204. The summed E-state index contributed by atoms with van der Waals surface area (Å²) in [6.45, 7) is 1.95. The maximum absolute atomic E-state index is 14.0. The van der Waals surface area contributed by atoms with E-state index in [4.69, 9.17) is 9.47 Å². The Kier molecular flexibility index (Phi) is 5.54. The molecule has 0 radical (unpaired) electrons. The highest BCUT2D eigenvalue weighted by atomic mass is 19.4. The molecule has 2 heterocycles. The first-order chi connectivity index (χ1) is 13.3. The molecule has 152 valence electrons. The Bertz CT molecular complexity index is 806. The Labute approximate surface area is 157 Å². The predicted octanol–water partition coefficient (Wildman–Crippen LogP) is 2.11. The number of carbonyl (C=O) groups is 1. The summed E-state index contributed by atoms with van der Waals surface area (Å²) in [5, 5.41) is 0. The second-order valence-electron chi connectivity index (χ2n) is 5.91. The van der Waals surface area contributed by atoms with Crippen LogP contribution in [0.15, 0.2) is 34.3 Å². The highest BCUT2D eigenvalue weighted by Gasteiger charge is 2.65. The molecule has 2 aliphatic heterocycles. The van der Waals surface area contributed by atoms with E-state index in [0.29, 0.717) is 0 Å². The first-order valence-electron chi connectivity index (χ1n) is 8.47. The molecule has 0 bridgehead atoms. The number of carbonyl (C=O) groups excluding carboxylic acids is 1. The van der Waals surface area contributed by atoms with E-state index in [-0.39, 0.29) is 38.5 Å². The Hall–Kier alpha value is -2.69. The van der Waals surface area contributed by atoms with E-state index in [9.17, 15) is 22.4 Å². The molecule has 28 heavy (non-hydrogen) atoms. The monoisotopic (exact) mass is 403 g/mol. The largest absolute Gasteiger partial charge is 0.462 e. The van der Waals surface area contributed by atoms with E-state index < -0.39 is 35.5 Å². The van der Waals surface area contributed by atoms with Crippen LogP contribution in [0.3, 0.4) is 0 Å². The highest BCUT2D eigenvalue weighted by molar-refractivity contribution is 6.05. The lowest BCUT2D eigenvalue weighted by Gasteiger charge is -2.35. The van der Waals surface area contributed by atoms with Gasteiger partial charge in [0.05, 0.1) is 19.8 Å². The van der Waals surface area contributed by atoms with Crippen molar-refractivity contribution in [2.24, 2.45) is 9.98 Å². The van der Waals surface area contributed by atoms with E-state index in [2.05, 4.69) is 14.7 Å². The van der Waals surface area contributed by atoms with Gasteiger partial charge < -0.3 is 19.1 Å². The van der Waals surface area contributed by atoms with Gasteiger partial charge in [0.15, 0.2) is 0 Å². The number of hydrogen-bond acceptors (Lipinski definition) is 7. The van der Waals surface area contributed by atoms with Gasteiger partial charge in [0.1, 0.15) is 5.82 Å². The Balaban J connectivity index is 2.14. The zero-order valence-corrected chi connectivity index (χ0v) is 14.8. The molecule has 0 aromatic heterocycles. The fraction of sp³-hybridized carbons (Fsp3) is 0.471. The summed E-state index contributed by atoms with van der Waals surface area (Å²) in [6, 6.07) is 4.22. The molecular weight excluding hydrogens is 386 g/mol. The standard InChI is InChI=1S/C17H17F4N3O4/c1-2-27-14(25)16(17(19,20)21)22-13(11-4-3-5-12(18)10-11)28-15(23-16)24-6-8-26-9-7-24/h3-5,10H,2,6-9H2,1H3/t16-/m1/s1. The predicted molar refractivity (Wildman–Crippen MR) is 89.3 cm³/mol. The number of aliphatic imine (C=N–C) groups is 2. The first kappa shape index (κ1) is 20.1. The number of alkyl halides is 3. The number of rotatable bonds is 3. The van der Waals surface area contributed by atoms with Crippen LogP contribution in [-0.2, 0) is 19.0 Å². The topological polar surface area (TPSA) is 72.7 Å². The molecule has 0 unspecified atom stereocenters. The molecule has 0 N–H and O–H groups in total. The Morgan fingerprint density at radius 3 is 2.61 bits per heavy atom. The lowest BCUT2D eigenvalue weighted by Crippen LogP contribution is -2.56. The van der Waals surface area contributed by atoms with Crippen molar-refractivity contribution in [3.63, 3.8) is 0 Å². The van der Waals surface area contributed by atoms with Gasteiger partial charge in [-0.15, -0.1) is 0 Å². The van der Waals surface area contributed by atoms with Crippen molar-refractivity contribution < 1.29 is 36.6 Å². The summed E-state index contributed by atoms with van der Waals surface area (Å²) in [5.74, 6) is -2.97. The number of nitrogens with zero attached hydrogens (tertiary/aromatic N) is 3. The van der Waals surface area contributed by atoms with Gasteiger partial charge in [-0.3, -0.25) is 0 Å². The van der Waals surface area contributed by atoms with Crippen molar-refractivity contribution in [3.8, 4) is 0 Å². The molecule has 1 fully saturated rings. The van der Waals surface area contributed by atoms with E-state index in [1.54, 1.807) is 0 Å². The Morgan fingerprint density at radius 2 is 2.00 bits per heavy atom. The van der Waals surface area contributed by atoms with Crippen LogP contribution in [0.1, 0.15) is 12.5 Å². The number of ether oxygens (including phenoxy) is 3. The van der Waals surface area contributed by atoms with Crippen LogP contribution < -0.4 is 0 Å². The van der Waals surface area contributed by atoms with Gasteiger partial charge in [0, 0.05) is 18.7 Å². The smallest absolute Gasteiger partial charge is 0.446 e.